The highest BCUT2D eigenvalue weighted by Crippen LogP contribution is 2.27. The Labute approximate surface area is 78.1 Å². The number of nitrogens with zero attached hydrogens (tertiary/aromatic N) is 1. The van der Waals surface area contributed by atoms with Crippen LogP contribution in [0.4, 0.5) is 8.78 Å². The van der Waals surface area contributed by atoms with Gasteiger partial charge in [0.2, 0.25) is 0 Å². The lowest BCUT2D eigenvalue weighted by Gasteiger charge is -2.31. The van der Waals surface area contributed by atoms with Crippen LogP contribution in [0, 0.1) is 0 Å². The Morgan fingerprint density at radius 2 is 1.92 bits per heavy atom. The quantitative estimate of drug-likeness (QED) is 0.733. The van der Waals surface area contributed by atoms with Gasteiger partial charge in [0.1, 0.15) is 0 Å². The van der Waals surface area contributed by atoms with Crippen LogP contribution >= 0.6 is 0 Å². The molecule has 2 N–H and O–H groups in total. The highest BCUT2D eigenvalue weighted by Gasteiger charge is 2.33. The van der Waals surface area contributed by atoms with Crippen molar-refractivity contribution in [3.05, 3.63) is 0 Å². The summed E-state index contributed by atoms with van der Waals surface area (Å²) in [5, 5.41) is 0. The Balaban J connectivity index is 2.18. The first kappa shape index (κ1) is 10.9. The summed E-state index contributed by atoms with van der Waals surface area (Å²) in [6, 6.07) is 0.169. The molecule has 0 aromatic rings. The fourth-order valence-corrected chi connectivity index (χ4v) is 1.49. The maximum Gasteiger partial charge on any atom is 0.250 e. The van der Waals surface area contributed by atoms with E-state index in [-0.39, 0.29) is 18.9 Å². The Morgan fingerprint density at radius 3 is 2.38 bits per heavy atom. The number of likely N-dealkylation sites (tertiary alicyclic amines) is 1. The average molecular weight is 192 g/mol. The molecule has 1 fully saturated rings. The van der Waals surface area contributed by atoms with E-state index in [2.05, 4.69) is 4.90 Å². The smallest absolute Gasteiger partial charge is 0.250 e. The highest BCUT2D eigenvalue weighted by molar-refractivity contribution is 4.77. The van der Waals surface area contributed by atoms with Gasteiger partial charge in [-0.25, -0.2) is 8.78 Å². The lowest BCUT2D eigenvalue weighted by atomic mass is 10.1. The first-order valence-corrected chi connectivity index (χ1v) is 4.85. The van der Waals surface area contributed by atoms with Crippen molar-refractivity contribution in [2.75, 3.05) is 19.6 Å². The van der Waals surface area contributed by atoms with E-state index >= 15 is 0 Å². The van der Waals surface area contributed by atoms with Crippen LogP contribution < -0.4 is 5.73 Å². The summed E-state index contributed by atoms with van der Waals surface area (Å²) in [5.41, 5.74) is 5.59. The Hall–Kier alpha value is -0.220. The monoisotopic (exact) mass is 192 g/mol. The third-order valence-corrected chi connectivity index (χ3v) is 2.49. The molecule has 1 aliphatic heterocycles. The van der Waals surface area contributed by atoms with Gasteiger partial charge in [-0.3, -0.25) is 0 Å². The van der Waals surface area contributed by atoms with Crippen molar-refractivity contribution in [2.45, 2.75) is 38.2 Å². The van der Waals surface area contributed by atoms with Crippen molar-refractivity contribution in [2.24, 2.45) is 5.73 Å². The van der Waals surface area contributed by atoms with E-state index in [9.17, 15) is 8.78 Å². The van der Waals surface area contributed by atoms with Crippen LogP contribution in [0.3, 0.4) is 0 Å². The van der Waals surface area contributed by atoms with E-state index in [4.69, 9.17) is 5.73 Å². The maximum atomic E-state index is 12.7. The maximum absolute atomic E-state index is 12.7. The minimum Gasteiger partial charge on any atom is -0.328 e. The van der Waals surface area contributed by atoms with Crippen molar-refractivity contribution >= 4 is 0 Å². The molecule has 13 heavy (non-hydrogen) atoms. The van der Waals surface area contributed by atoms with Crippen molar-refractivity contribution in [1.82, 2.24) is 4.90 Å². The number of piperidine rings is 1. The number of alkyl halides is 2. The zero-order valence-electron chi connectivity index (χ0n) is 8.10. The SMILES string of the molecule is CC(N)CCN1CCC(F)(F)CC1. The first-order valence-electron chi connectivity index (χ1n) is 4.85. The van der Waals surface area contributed by atoms with Gasteiger partial charge < -0.3 is 10.6 Å². The van der Waals surface area contributed by atoms with Gasteiger partial charge in [-0.05, 0) is 19.9 Å². The normalized spacial score (nSPS) is 25.8. The molecule has 0 amide bonds. The van der Waals surface area contributed by atoms with E-state index in [0.717, 1.165) is 13.0 Å². The number of halogens is 2. The van der Waals surface area contributed by atoms with Crippen LogP contribution in [0.15, 0.2) is 0 Å². The van der Waals surface area contributed by atoms with Gasteiger partial charge >= 0.3 is 0 Å². The summed E-state index contributed by atoms with van der Waals surface area (Å²) in [4.78, 5) is 2.07. The van der Waals surface area contributed by atoms with E-state index in [1.165, 1.54) is 0 Å². The Kier molecular flexibility index (Phi) is 3.62. The molecular formula is C9H18F2N2. The second kappa shape index (κ2) is 4.33. The van der Waals surface area contributed by atoms with E-state index < -0.39 is 5.92 Å². The van der Waals surface area contributed by atoms with Gasteiger partial charge in [0.25, 0.3) is 5.92 Å². The van der Waals surface area contributed by atoms with Crippen LogP contribution in [0.2, 0.25) is 0 Å². The van der Waals surface area contributed by atoms with Crippen molar-refractivity contribution < 1.29 is 8.78 Å². The van der Waals surface area contributed by atoms with Gasteiger partial charge in [-0.1, -0.05) is 0 Å². The second-order valence-corrected chi connectivity index (χ2v) is 3.96. The van der Waals surface area contributed by atoms with Crippen molar-refractivity contribution in [1.29, 1.82) is 0 Å². The third kappa shape index (κ3) is 4.00. The zero-order chi connectivity index (χ0) is 9.90. The predicted octanol–water partition coefficient (Wildman–Crippen LogP) is 1.45. The molecule has 0 aromatic heterocycles. The number of hydrogen-bond donors (Lipinski definition) is 1. The molecule has 0 radical (unpaired) electrons. The number of hydrogen-bond acceptors (Lipinski definition) is 2. The van der Waals surface area contributed by atoms with Crippen LogP contribution in [-0.4, -0.2) is 36.5 Å². The molecular weight excluding hydrogens is 174 g/mol. The van der Waals surface area contributed by atoms with Crippen LogP contribution in [0.5, 0.6) is 0 Å². The molecule has 1 rings (SSSR count). The first-order chi connectivity index (χ1) is 5.99. The molecule has 0 bridgehead atoms. The van der Waals surface area contributed by atoms with Crippen LogP contribution in [0.1, 0.15) is 26.2 Å². The summed E-state index contributed by atoms with van der Waals surface area (Å²) in [6.45, 7) is 3.83. The van der Waals surface area contributed by atoms with Crippen molar-refractivity contribution in [3.63, 3.8) is 0 Å². The molecule has 1 saturated heterocycles. The topological polar surface area (TPSA) is 29.3 Å². The van der Waals surface area contributed by atoms with Gasteiger partial charge in [-0.15, -0.1) is 0 Å². The Bertz CT molecular complexity index is 147. The minimum atomic E-state index is -2.43. The lowest BCUT2D eigenvalue weighted by molar-refractivity contribution is -0.0552. The van der Waals surface area contributed by atoms with Crippen molar-refractivity contribution in [3.8, 4) is 0 Å². The fourth-order valence-electron chi connectivity index (χ4n) is 1.49. The largest absolute Gasteiger partial charge is 0.328 e. The summed E-state index contributed by atoms with van der Waals surface area (Å²) < 4.78 is 25.5. The van der Waals surface area contributed by atoms with E-state index in [1.807, 2.05) is 6.92 Å². The zero-order valence-corrected chi connectivity index (χ0v) is 8.10. The number of nitrogens with two attached hydrogens (primary N) is 1. The second-order valence-electron chi connectivity index (χ2n) is 3.96. The molecule has 1 aliphatic rings. The van der Waals surface area contributed by atoms with Gasteiger partial charge in [0.05, 0.1) is 0 Å². The van der Waals surface area contributed by atoms with Gasteiger partial charge in [-0.2, -0.15) is 0 Å². The fraction of sp³-hybridized carbons (Fsp3) is 1.00. The molecule has 0 aromatic carbocycles. The summed E-state index contributed by atoms with van der Waals surface area (Å²) in [5.74, 6) is -2.43. The lowest BCUT2D eigenvalue weighted by Crippen LogP contribution is -2.40. The van der Waals surface area contributed by atoms with Crippen LogP contribution in [-0.2, 0) is 0 Å². The van der Waals surface area contributed by atoms with Gasteiger partial charge in [0.15, 0.2) is 0 Å². The highest BCUT2D eigenvalue weighted by atomic mass is 19.3. The summed E-state index contributed by atoms with van der Waals surface area (Å²) >= 11 is 0. The minimum absolute atomic E-state index is 0.00591. The van der Waals surface area contributed by atoms with E-state index in [0.29, 0.717) is 13.1 Å². The summed E-state index contributed by atoms with van der Waals surface area (Å²) in [7, 11) is 0. The molecule has 1 heterocycles. The summed E-state index contributed by atoms with van der Waals surface area (Å²) in [6.07, 6.45) is 0.906. The van der Waals surface area contributed by atoms with Gasteiger partial charge in [0, 0.05) is 32.0 Å². The molecule has 0 spiro atoms. The molecule has 0 saturated carbocycles. The molecule has 0 aliphatic carbocycles. The Morgan fingerprint density at radius 1 is 1.38 bits per heavy atom. The average Bonchev–Trinajstić information content (AvgIpc) is 2.02. The number of rotatable bonds is 3. The molecule has 78 valence electrons. The molecule has 2 nitrogen and oxygen atoms in total. The molecule has 1 unspecified atom stereocenters. The standard InChI is InChI=1S/C9H18F2N2/c1-8(12)2-5-13-6-3-9(10,11)4-7-13/h8H,2-7,12H2,1H3. The predicted molar refractivity (Wildman–Crippen MR) is 48.9 cm³/mol. The molecule has 1 atom stereocenters. The molecule has 4 heteroatoms. The third-order valence-electron chi connectivity index (χ3n) is 2.49. The van der Waals surface area contributed by atoms with Crippen LogP contribution in [0.25, 0.3) is 0 Å². The van der Waals surface area contributed by atoms with E-state index in [1.54, 1.807) is 0 Å².